The highest BCUT2D eigenvalue weighted by Crippen LogP contribution is 2.23. The summed E-state index contributed by atoms with van der Waals surface area (Å²) in [4.78, 5) is 28.7. The summed E-state index contributed by atoms with van der Waals surface area (Å²) in [5, 5.41) is 8.66. The number of benzene rings is 2. The summed E-state index contributed by atoms with van der Waals surface area (Å²) in [6.45, 7) is 4.15. The summed E-state index contributed by atoms with van der Waals surface area (Å²) >= 11 is 1.61. The van der Waals surface area contributed by atoms with E-state index in [2.05, 4.69) is 15.6 Å². The minimum atomic E-state index is -0.163. The molecule has 3 aromatic rings. The lowest BCUT2D eigenvalue weighted by molar-refractivity contribution is -0.116. The van der Waals surface area contributed by atoms with Crippen LogP contribution in [0.2, 0.25) is 0 Å². The molecule has 0 aliphatic carbocycles. The van der Waals surface area contributed by atoms with Gasteiger partial charge in [0, 0.05) is 35.2 Å². The molecule has 0 saturated carbocycles. The molecule has 0 fully saturated rings. The van der Waals surface area contributed by atoms with Crippen LogP contribution >= 0.6 is 11.3 Å². The number of carbonyl (C=O) groups is 2. The van der Waals surface area contributed by atoms with Crippen LogP contribution in [0, 0.1) is 13.8 Å². The summed E-state index contributed by atoms with van der Waals surface area (Å²) in [6, 6.07) is 15.0. The van der Waals surface area contributed by atoms with E-state index in [4.69, 9.17) is 0 Å². The fourth-order valence-corrected chi connectivity index (χ4v) is 3.28. The molecule has 6 heteroatoms. The van der Waals surface area contributed by atoms with Crippen LogP contribution in [0.4, 0.5) is 5.69 Å². The van der Waals surface area contributed by atoms with E-state index in [9.17, 15) is 9.59 Å². The molecule has 0 bridgehead atoms. The van der Waals surface area contributed by atoms with Crippen LogP contribution in [0.1, 0.15) is 27.3 Å². The lowest BCUT2D eigenvalue weighted by Crippen LogP contribution is -2.28. The second kappa shape index (κ2) is 8.60. The zero-order chi connectivity index (χ0) is 19.2. The SMILES string of the molecule is Cc1nc(-c2ccc(NC(=O)CCNC(=O)c3ccccc3C)cc2)cs1. The van der Waals surface area contributed by atoms with Gasteiger partial charge in [0.1, 0.15) is 0 Å². The molecule has 0 saturated heterocycles. The van der Waals surface area contributed by atoms with Crippen molar-refractivity contribution in [3.05, 3.63) is 70.0 Å². The highest BCUT2D eigenvalue weighted by Gasteiger charge is 2.09. The van der Waals surface area contributed by atoms with Crippen molar-refractivity contribution in [2.75, 3.05) is 11.9 Å². The van der Waals surface area contributed by atoms with Gasteiger partial charge in [0.25, 0.3) is 5.91 Å². The maximum Gasteiger partial charge on any atom is 0.251 e. The molecule has 0 atom stereocenters. The van der Waals surface area contributed by atoms with Crippen LogP contribution in [0.25, 0.3) is 11.3 Å². The van der Waals surface area contributed by atoms with Crippen molar-refractivity contribution in [2.24, 2.45) is 0 Å². The van der Waals surface area contributed by atoms with Crippen molar-refractivity contribution < 1.29 is 9.59 Å². The minimum Gasteiger partial charge on any atom is -0.352 e. The number of hydrogen-bond donors (Lipinski definition) is 2. The molecular formula is C21H21N3O2S. The summed E-state index contributed by atoms with van der Waals surface area (Å²) in [7, 11) is 0. The van der Waals surface area contributed by atoms with Gasteiger partial charge in [0.15, 0.2) is 0 Å². The molecular weight excluding hydrogens is 358 g/mol. The summed E-state index contributed by atoms with van der Waals surface area (Å²) in [5.41, 5.74) is 4.22. The molecule has 5 nitrogen and oxygen atoms in total. The predicted octanol–water partition coefficient (Wildman–Crippen LogP) is 4.19. The Labute approximate surface area is 162 Å². The third-order valence-electron chi connectivity index (χ3n) is 4.11. The first-order chi connectivity index (χ1) is 13.0. The van der Waals surface area contributed by atoms with Crippen molar-refractivity contribution in [1.29, 1.82) is 0 Å². The molecule has 2 N–H and O–H groups in total. The van der Waals surface area contributed by atoms with E-state index in [1.165, 1.54) is 0 Å². The number of carbonyl (C=O) groups excluding carboxylic acids is 2. The summed E-state index contributed by atoms with van der Waals surface area (Å²) in [5.74, 6) is -0.304. The van der Waals surface area contributed by atoms with Crippen molar-refractivity contribution in [2.45, 2.75) is 20.3 Å². The maximum absolute atomic E-state index is 12.1. The normalized spacial score (nSPS) is 10.4. The fourth-order valence-electron chi connectivity index (χ4n) is 2.66. The first kappa shape index (κ1) is 18.8. The molecule has 0 aliphatic heterocycles. The lowest BCUT2D eigenvalue weighted by Gasteiger charge is -2.08. The van der Waals surface area contributed by atoms with E-state index in [0.29, 0.717) is 5.56 Å². The van der Waals surface area contributed by atoms with Gasteiger partial charge in [-0.05, 0) is 37.6 Å². The number of nitrogens with one attached hydrogen (secondary N) is 2. The zero-order valence-electron chi connectivity index (χ0n) is 15.3. The van der Waals surface area contributed by atoms with E-state index in [0.717, 1.165) is 27.5 Å². The number of aromatic nitrogens is 1. The molecule has 0 aliphatic rings. The van der Waals surface area contributed by atoms with Gasteiger partial charge in [-0.15, -0.1) is 11.3 Å². The monoisotopic (exact) mass is 379 g/mol. The molecule has 1 heterocycles. The largest absolute Gasteiger partial charge is 0.352 e. The number of thiazole rings is 1. The number of anilines is 1. The Morgan fingerprint density at radius 2 is 1.78 bits per heavy atom. The third kappa shape index (κ3) is 5.01. The Bertz CT molecular complexity index is 948. The molecule has 27 heavy (non-hydrogen) atoms. The Hall–Kier alpha value is -2.99. The Balaban J connectivity index is 1.48. The highest BCUT2D eigenvalue weighted by atomic mass is 32.1. The van der Waals surface area contributed by atoms with Crippen molar-refractivity contribution in [3.63, 3.8) is 0 Å². The van der Waals surface area contributed by atoms with Crippen molar-refractivity contribution in [3.8, 4) is 11.3 Å². The average molecular weight is 379 g/mol. The second-order valence-electron chi connectivity index (χ2n) is 6.20. The standard InChI is InChI=1S/C21H21N3O2S/c1-14-5-3-4-6-18(14)21(26)22-12-11-20(25)24-17-9-7-16(8-10-17)19-13-27-15(2)23-19/h3-10,13H,11-12H2,1-2H3,(H,22,26)(H,24,25). The first-order valence-electron chi connectivity index (χ1n) is 8.69. The smallest absolute Gasteiger partial charge is 0.251 e. The Morgan fingerprint density at radius 1 is 1.04 bits per heavy atom. The maximum atomic E-state index is 12.1. The minimum absolute atomic E-state index is 0.141. The number of nitrogens with zero attached hydrogens (tertiary/aromatic N) is 1. The van der Waals surface area contributed by atoms with Gasteiger partial charge < -0.3 is 10.6 Å². The van der Waals surface area contributed by atoms with Gasteiger partial charge in [-0.25, -0.2) is 4.98 Å². The van der Waals surface area contributed by atoms with Gasteiger partial charge in [0.2, 0.25) is 5.91 Å². The summed E-state index contributed by atoms with van der Waals surface area (Å²) < 4.78 is 0. The quantitative estimate of drug-likeness (QED) is 0.675. The molecule has 0 spiro atoms. The van der Waals surface area contributed by atoms with Crippen molar-refractivity contribution >= 4 is 28.8 Å². The molecule has 138 valence electrons. The van der Waals surface area contributed by atoms with Gasteiger partial charge >= 0.3 is 0 Å². The van der Waals surface area contributed by atoms with E-state index < -0.39 is 0 Å². The molecule has 2 amide bonds. The number of amides is 2. The molecule has 2 aromatic carbocycles. The van der Waals surface area contributed by atoms with E-state index >= 15 is 0 Å². The zero-order valence-corrected chi connectivity index (χ0v) is 16.1. The van der Waals surface area contributed by atoms with E-state index in [-0.39, 0.29) is 24.8 Å². The molecule has 1 aromatic heterocycles. The van der Waals surface area contributed by atoms with Crippen LogP contribution in [0.5, 0.6) is 0 Å². The molecule has 3 rings (SSSR count). The number of rotatable bonds is 6. The average Bonchev–Trinajstić information content (AvgIpc) is 3.09. The van der Waals surface area contributed by atoms with Crippen LogP contribution < -0.4 is 10.6 Å². The Kier molecular flexibility index (Phi) is 5.98. The van der Waals surface area contributed by atoms with Crippen LogP contribution in [-0.2, 0) is 4.79 Å². The second-order valence-corrected chi connectivity index (χ2v) is 7.26. The van der Waals surface area contributed by atoms with E-state index in [1.54, 1.807) is 17.4 Å². The van der Waals surface area contributed by atoms with E-state index in [1.807, 2.05) is 61.7 Å². The van der Waals surface area contributed by atoms with Crippen LogP contribution in [-0.4, -0.2) is 23.3 Å². The van der Waals surface area contributed by atoms with Gasteiger partial charge in [0.05, 0.1) is 10.7 Å². The highest BCUT2D eigenvalue weighted by molar-refractivity contribution is 7.09. The fraction of sp³-hybridized carbons (Fsp3) is 0.190. The third-order valence-corrected chi connectivity index (χ3v) is 4.88. The topological polar surface area (TPSA) is 71.1 Å². The lowest BCUT2D eigenvalue weighted by atomic mass is 10.1. The molecule has 0 unspecified atom stereocenters. The Morgan fingerprint density at radius 3 is 2.44 bits per heavy atom. The van der Waals surface area contributed by atoms with Crippen LogP contribution in [0.3, 0.4) is 0 Å². The summed E-state index contributed by atoms with van der Waals surface area (Å²) in [6.07, 6.45) is 0.213. The van der Waals surface area contributed by atoms with Gasteiger partial charge in [-0.2, -0.15) is 0 Å². The van der Waals surface area contributed by atoms with Gasteiger partial charge in [-0.3, -0.25) is 9.59 Å². The number of hydrogen-bond acceptors (Lipinski definition) is 4. The number of aryl methyl sites for hydroxylation is 2. The predicted molar refractivity (Wildman–Crippen MR) is 109 cm³/mol. The molecule has 0 radical (unpaired) electrons. The van der Waals surface area contributed by atoms with Crippen molar-refractivity contribution in [1.82, 2.24) is 10.3 Å². The van der Waals surface area contributed by atoms with Crippen LogP contribution in [0.15, 0.2) is 53.9 Å². The van der Waals surface area contributed by atoms with Gasteiger partial charge in [-0.1, -0.05) is 30.3 Å². The first-order valence-corrected chi connectivity index (χ1v) is 9.57.